The van der Waals surface area contributed by atoms with Gasteiger partial charge in [0, 0.05) is 11.7 Å². The van der Waals surface area contributed by atoms with Crippen molar-refractivity contribution in [2.24, 2.45) is 5.92 Å². The molecule has 1 aromatic carbocycles. The largest absolute Gasteiger partial charge is 0.382 e. The third-order valence-corrected chi connectivity index (χ3v) is 3.59. The second-order valence-corrected chi connectivity index (χ2v) is 5.92. The van der Waals surface area contributed by atoms with Crippen molar-refractivity contribution in [1.82, 2.24) is 5.32 Å². The van der Waals surface area contributed by atoms with Crippen LogP contribution < -0.4 is 10.6 Å². The number of hydrogen-bond donors (Lipinski definition) is 2. The van der Waals surface area contributed by atoms with Gasteiger partial charge in [0.2, 0.25) is 0 Å². The van der Waals surface area contributed by atoms with Gasteiger partial charge in [0.15, 0.2) is 0 Å². The predicted molar refractivity (Wildman–Crippen MR) is 79.3 cm³/mol. The molecule has 2 heteroatoms. The fourth-order valence-electron chi connectivity index (χ4n) is 2.51. The van der Waals surface area contributed by atoms with Gasteiger partial charge >= 0.3 is 0 Å². The van der Waals surface area contributed by atoms with E-state index in [2.05, 4.69) is 49.6 Å². The number of anilines is 1. The maximum Gasteiger partial charge on any atom is 0.0375 e. The third kappa shape index (κ3) is 3.74. The van der Waals surface area contributed by atoms with Crippen molar-refractivity contribution < 1.29 is 0 Å². The zero-order chi connectivity index (χ0) is 13.0. The summed E-state index contributed by atoms with van der Waals surface area (Å²) in [4.78, 5) is 0. The first-order valence-corrected chi connectivity index (χ1v) is 7.24. The number of hydrogen-bond acceptors (Lipinski definition) is 2. The minimum absolute atomic E-state index is 0.597. The minimum Gasteiger partial charge on any atom is -0.382 e. The quantitative estimate of drug-likeness (QED) is 0.753. The molecule has 2 rings (SSSR count). The molecule has 1 aliphatic rings. The van der Waals surface area contributed by atoms with Crippen molar-refractivity contribution in [2.45, 2.75) is 46.1 Å². The van der Waals surface area contributed by atoms with Crippen molar-refractivity contribution >= 4 is 5.69 Å². The highest BCUT2D eigenvalue weighted by Gasteiger charge is 2.16. The Hall–Kier alpha value is -1.02. The Balaban J connectivity index is 1.76. The van der Waals surface area contributed by atoms with Crippen LogP contribution in [-0.2, 0) is 12.8 Å². The summed E-state index contributed by atoms with van der Waals surface area (Å²) >= 11 is 0. The average molecular weight is 246 g/mol. The molecule has 2 nitrogen and oxygen atoms in total. The molecule has 0 saturated carbocycles. The van der Waals surface area contributed by atoms with Gasteiger partial charge in [-0.15, -0.1) is 0 Å². The fourth-order valence-corrected chi connectivity index (χ4v) is 2.51. The normalized spacial score (nSPS) is 17.9. The van der Waals surface area contributed by atoms with Crippen LogP contribution in [0.4, 0.5) is 5.69 Å². The molecule has 18 heavy (non-hydrogen) atoms. The van der Waals surface area contributed by atoms with Crippen molar-refractivity contribution in [3.63, 3.8) is 0 Å². The predicted octanol–water partition coefficient (Wildman–Crippen LogP) is 3.22. The summed E-state index contributed by atoms with van der Waals surface area (Å²) in [5, 5.41) is 7.02. The van der Waals surface area contributed by atoms with Crippen molar-refractivity contribution in [2.75, 3.05) is 18.4 Å². The number of nitrogens with one attached hydrogen (secondary N) is 2. The Morgan fingerprint density at radius 1 is 1.33 bits per heavy atom. The Morgan fingerprint density at radius 3 is 2.94 bits per heavy atom. The van der Waals surface area contributed by atoms with Gasteiger partial charge in [0.1, 0.15) is 0 Å². The molecule has 1 unspecified atom stereocenters. The zero-order valence-corrected chi connectivity index (χ0v) is 11.9. The van der Waals surface area contributed by atoms with Crippen molar-refractivity contribution in [3.8, 4) is 0 Å². The van der Waals surface area contributed by atoms with Crippen molar-refractivity contribution in [1.29, 1.82) is 0 Å². The molecule has 1 aliphatic heterocycles. The third-order valence-electron chi connectivity index (χ3n) is 3.59. The van der Waals surface area contributed by atoms with Crippen LogP contribution in [0.15, 0.2) is 18.2 Å². The lowest BCUT2D eigenvalue weighted by Crippen LogP contribution is -2.19. The van der Waals surface area contributed by atoms with Crippen LogP contribution in [0, 0.1) is 5.92 Å². The van der Waals surface area contributed by atoms with Gasteiger partial charge in [-0.3, -0.25) is 0 Å². The highest BCUT2D eigenvalue weighted by atomic mass is 14.9. The van der Waals surface area contributed by atoms with E-state index in [1.54, 1.807) is 0 Å². The van der Waals surface area contributed by atoms with Crippen LogP contribution in [0.1, 0.15) is 38.3 Å². The van der Waals surface area contributed by atoms with E-state index in [0.717, 1.165) is 25.4 Å². The average Bonchev–Trinajstić information content (AvgIpc) is 2.67. The molecule has 0 aromatic heterocycles. The van der Waals surface area contributed by atoms with Gasteiger partial charge < -0.3 is 10.6 Å². The first-order valence-electron chi connectivity index (χ1n) is 7.24. The molecule has 100 valence electrons. The van der Waals surface area contributed by atoms with E-state index in [9.17, 15) is 0 Å². The lowest BCUT2D eigenvalue weighted by molar-refractivity contribution is 0.539. The molecule has 1 aromatic rings. The molecule has 0 fully saturated rings. The van der Waals surface area contributed by atoms with Gasteiger partial charge in [0.05, 0.1) is 0 Å². The van der Waals surface area contributed by atoms with Gasteiger partial charge in [-0.2, -0.15) is 0 Å². The van der Waals surface area contributed by atoms with Gasteiger partial charge in [-0.05, 0) is 62.4 Å². The maximum absolute atomic E-state index is 3.53. The van der Waals surface area contributed by atoms with Gasteiger partial charge in [0.25, 0.3) is 0 Å². The maximum atomic E-state index is 3.53. The van der Waals surface area contributed by atoms with E-state index in [-0.39, 0.29) is 0 Å². The SMILES string of the molecule is CC(C)CCNCCc1ccc2c(c1)CC(C)N2. The first kappa shape index (κ1) is 13.4. The summed E-state index contributed by atoms with van der Waals surface area (Å²) in [6, 6.07) is 7.46. The summed E-state index contributed by atoms with van der Waals surface area (Å²) in [6.07, 6.45) is 3.58. The highest BCUT2D eigenvalue weighted by molar-refractivity contribution is 5.57. The lowest BCUT2D eigenvalue weighted by Gasteiger charge is -2.08. The van der Waals surface area contributed by atoms with E-state index in [0.29, 0.717) is 6.04 Å². The number of benzene rings is 1. The van der Waals surface area contributed by atoms with Crippen LogP contribution in [-0.4, -0.2) is 19.1 Å². The van der Waals surface area contributed by atoms with E-state index in [1.807, 2.05) is 0 Å². The smallest absolute Gasteiger partial charge is 0.0375 e. The topological polar surface area (TPSA) is 24.1 Å². The van der Waals surface area contributed by atoms with E-state index >= 15 is 0 Å². The van der Waals surface area contributed by atoms with Crippen LogP contribution >= 0.6 is 0 Å². The molecule has 2 N–H and O–H groups in total. The second kappa shape index (κ2) is 6.24. The Morgan fingerprint density at radius 2 is 2.17 bits per heavy atom. The number of fused-ring (bicyclic) bond motifs is 1. The Kier molecular flexibility index (Phi) is 4.65. The molecule has 1 atom stereocenters. The second-order valence-electron chi connectivity index (χ2n) is 5.92. The van der Waals surface area contributed by atoms with E-state index in [4.69, 9.17) is 0 Å². The Labute approximate surface area is 111 Å². The monoisotopic (exact) mass is 246 g/mol. The molecule has 0 aliphatic carbocycles. The molecule has 1 heterocycles. The van der Waals surface area contributed by atoms with Gasteiger partial charge in [-0.1, -0.05) is 26.0 Å². The summed E-state index contributed by atoms with van der Waals surface area (Å²) < 4.78 is 0. The van der Waals surface area contributed by atoms with Crippen LogP contribution in [0.25, 0.3) is 0 Å². The first-order chi connectivity index (χ1) is 8.65. The molecule has 0 saturated heterocycles. The standard InChI is InChI=1S/C16H26N2/c1-12(2)6-8-17-9-7-14-4-5-16-15(11-14)10-13(3)18-16/h4-5,11-13,17-18H,6-10H2,1-3H3. The molecule has 0 bridgehead atoms. The van der Waals surface area contributed by atoms with Gasteiger partial charge in [-0.25, -0.2) is 0 Å². The summed E-state index contributed by atoms with van der Waals surface area (Å²) in [6.45, 7) is 9.02. The van der Waals surface area contributed by atoms with Crippen LogP contribution in [0.2, 0.25) is 0 Å². The van der Waals surface area contributed by atoms with Crippen LogP contribution in [0.3, 0.4) is 0 Å². The van der Waals surface area contributed by atoms with E-state index < -0.39 is 0 Å². The van der Waals surface area contributed by atoms with Crippen molar-refractivity contribution in [3.05, 3.63) is 29.3 Å². The molecule has 0 amide bonds. The van der Waals surface area contributed by atoms with E-state index in [1.165, 1.54) is 29.7 Å². The zero-order valence-electron chi connectivity index (χ0n) is 11.9. The summed E-state index contributed by atoms with van der Waals surface area (Å²) in [7, 11) is 0. The molecular formula is C16H26N2. The lowest BCUT2D eigenvalue weighted by atomic mass is 10.0. The Bertz CT molecular complexity index is 385. The van der Waals surface area contributed by atoms with Crippen LogP contribution in [0.5, 0.6) is 0 Å². The molecular weight excluding hydrogens is 220 g/mol. The molecule has 0 spiro atoms. The number of rotatable bonds is 6. The summed E-state index contributed by atoms with van der Waals surface area (Å²) in [5.74, 6) is 0.796. The minimum atomic E-state index is 0.597. The fraction of sp³-hybridized carbons (Fsp3) is 0.625. The highest BCUT2D eigenvalue weighted by Crippen LogP contribution is 2.26. The molecule has 0 radical (unpaired) electrons. The summed E-state index contributed by atoms with van der Waals surface area (Å²) in [5.41, 5.74) is 4.28.